The van der Waals surface area contributed by atoms with Gasteiger partial charge in [-0.2, -0.15) is 5.10 Å². The summed E-state index contributed by atoms with van der Waals surface area (Å²) >= 11 is 0. The number of anilines is 1. The van der Waals surface area contributed by atoms with Gasteiger partial charge >= 0.3 is 0 Å². The molecule has 1 aliphatic rings. The highest BCUT2D eigenvalue weighted by molar-refractivity contribution is 6.19. The van der Waals surface area contributed by atoms with E-state index in [4.69, 9.17) is 5.73 Å². The fourth-order valence-corrected chi connectivity index (χ4v) is 1.47. The van der Waals surface area contributed by atoms with Crippen LogP contribution in [0.25, 0.3) is 0 Å². The van der Waals surface area contributed by atoms with Crippen molar-refractivity contribution in [2.45, 2.75) is 19.4 Å². The molecule has 0 radical (unpaired) electrons. The zero-order chi connectivity index (χ0) is 10.1. The summed E-state index contributed by atoms with van der Waals surface area (Å²) in [5, 5.41) is 6.37. The molecule has 2 rings (SSSR count). The summed E-state index contributed by atoms with van der Waals surface area (Å²) in [6, 6.07) is 0. The van der Waals surface area contributed by atoms with E-state index in [0.29, 0.717) is 11.4 Å². The summed E-state index contributed by atoms with van der Waals surface area (Å²) in [6.45, 7) is 0.253. The Hall–Kier alpha value is -1.69. The predicted molar refractivity (Wildman–Crippen MR) is 48.2 cm³/mol. The molecule has 1 fully saturated rings. The Labute approximate surface area is 80.1 Å². The quantitative estimate of drug-likeness (QED) is 0.622. The Morgan fingerprint density at radius 1 is 1.43 bits per heavy atom. The lowest BCUT2D eigenvalue weighted by Crippen LogP contribution is -2.30. The van der Waals surface area contributed by atoms with Crippen LogP contribution in [-0.2, 0) is 16.1 Å². The van der Waals surface area contributed by atoms with E-state index in [0.717, 1.165) is 4.90 Å². The van der Waals surface area contributed by atoms with E-state index in [1.807, 2.05) is 0 Å². The molecule has 2 amide bonds. The van der Waals surface area contributed by atoms with Gasteiger partial charge in [-0.3, -0.25) is 14.7 Å². The van der Waals surface area contributed by atoms with Crippen molar-refractivity contribution in [3.63, 3.8) is 0 Å². The standard InChI is InChI=1S/C8H10N4O2/c9-3-5-4-10-11-8(5)12-6(13)1-2-7(12)14/h4H,1-3,9H2,(H,10,11). The van der Waals surface area contributed by atoms with Crippen molar-refractivity contribution >= 4 is 17.6 Å². The summed E-state index contributed by atoms with van der Waals surface area (Å²) in [6.07, 6.45) is 2.05. The third-order valence-corrected chi connectivity index (χ3v) is 2.19. The molecule has 0 saturated carbocycles. The van der Waals surface area contributed by atoms with Crippen LogP contribution in [-0.4, -0.2) is 22.0 Å². The largest absolute Gasteiger partial charge is 0.326 e. The molecule has 6 heteroatoms. The van der Waals surface area contributed by atoms with Gasteiger partial charge < -0.3 is 5.73 Å². The number of nitrogens with zero attached hydrogens (tertiary/aromatic N) is 2. The average Bonchev–Trinajstić information content (AvgIpc) is 2.73. The molecular weight excluding hydrogens is 184 g/mol. The molecule has 0 atom stereocenters. The SMILES string of the molecule is NCc1cn[nH]c1N1C(=O)CCC1=O. The van der Waals surface area contributed by atoms with Crippen LogP contribution in [0.3, 0.4) is 0 Å². The van der Waals surface area contributed by atoms with Crippen LogP contribution in [0.2, 0.25) is 0 Å². The summed E-state index contributed by atoms with van der Waals surface area (Å²) in [7, 11) is 0. The lowest BCUT2D eigenvalue weighted by Gasteiger charge is -2.12. The number of hydrogen-bond donors (Lipinski definition) is 2. The Bertz CT molecular complexity index is 368. The number of aromatic amines is 1. The van der Waals surface area contributed by atoms with Gasteiger partial charge in [0.2, 0.25) is 11.8 Å². The number of hydrogen-bond acceptors (Lipinski definition) is 4. The average molecular weight is 194 g/mol. The highest BCUT2D eigenvalue weighted by Gasteiger charge is 2.32. The van der Waals surface area contributed by atoms with Crippen LogP contribution in [0.5, 0.6) is 0 Å². The van der Waals surface area contributed by atoms with Gasteiger partial charge in [-0.1, -0.05) is 0 Å². The van der Waals surface area contributed by atoms with Crippen molar-refractivity contribution in [2.75, 3.05) is 4.90 Å². The van der Waals surface area contributed by atoms with Gasteiger partial charge in [-0.25, -0.2) is 4.90 Å². The van der Waals surface area contributed by atoms with Gasteiger partial charge in [-0.05, 0) is 0 Å². The van der Waals surface area contributed by atoms with Crippen molar-refractivity contribution in [2.24, 2.45) is 5.73 Å². The Morgan fingerprint density at radius 2 is 2.07 bits per heavy atom. The van der Waals surface area contributed by atoms with Crippen LogP contribution < -0.4 is 10.6 Å². The van der Waals surface area contributed by atoms with Gasteiger partial charge in [-0.15, -0.1) is 0 Å². The molecule has 6 nitrogen and oxygen atoms in total. The third-order valence-electron chi connectivity index (χ3n) is 2.19. The predicted octanol–water partition coefficient (Wildman–Crippen LogP) is -0.478. The van der Waals surface area contributed by atoms with Crippen molar-refractivity contribution in [3.05, 3.63) is 11.8 Å². The van der Waals surface area contributed by atoms with Crippen molar-refractivity contribution in [1.82, 2.24) is 10.2 Å². The smallest absolute Gasteiger partial charge is 0.235 e. The summed E-state index contributed by atoms with van der Waals surface area (Å²) in [5.41, 5.74) is 6.12. The number of carbonyl (C=O) groups is 2. The number of nitrogens with two attached hydrogens (primary N) is 1. The molecule has 0 unspecified atom stereocenters. The number of aromatic nitrogens is 2. The molecule has 0 aromatic carbocycles. The molecule has 0 bridgehead atoms. The molecule has 1 aromatic rings. The molecule has 2 heterocycles. The van der Waals surface area contributed by atoms with E-state index in [9.17, 15) is 9.59 Å². The molecule has 14 heavy (non-hydrogen) atoms. The van der Waals surface area contributed by atoms with Gasteiger partial charge in [0.1, 0.15) is 5.82 Å². The Balaban J connectivity index is 2.38. The third kappa shape index (κ3) is 1.20. The zero-order valence-corrected chi connectivity index (χ0v) is 7.49. The number of nitrogens with one attached hydrogen (secondary N) is 1. The van der Waals surface area contributed by atoms with Gasteiger partial charge in [0, 0.05) is 24.9 Å². The number of H-pyrrole nitrogens is 1. The molecule has 1 aliphatic heterocycles. The van der Waals surface area contributed by atoms with Crippen LogP contribution in [0.15, 0.2) is 6.20 Å². The van der Waals surface area contributed by atoms with E-state index in [-0.39, 0.29) is 31.2 Å². The number of imide groups is 1. The molecule has 1 saturated heterocycles. The lowest BCUT2D eigenvalue weighted by atomic mass is 10.3. The second kappa shape index (κ2) is 3.22. The van der Waals surface area contributed by atoms with Crippen molar-refractivity contribution in [3.8, 4) is 0 Å². The second-order valence-electron chi connectivity index (χ2n) is 3.07. The summed E-state index contributed by atoms with van der Waals surface area (Å²) in [4.78, 5) is 23.9. The highest BCUT2D eigenvalue weighted by atomic mass is 16.2. The second-order valence-corrected chi connectivity index (χ2v) is 3.07. The number of rotatable bonds is 2. The first kappa shape index (κ1) is 8.89. The van der Waals surface area contributed by atoms with E-state index in [1.54, 1.807) is 0 Å². The molecule has 1 aromatic heterocycles. The van der Waals surface area contributed by atoms with Crippen molar-refractivity contribution < 1.29 is 9.59 Å². The van der Waals surface area contributed by atoms with E-state index in [1.165, 1.54) is 6.20 Å². The van der Waals surface area contributed by atoms with Gasteiger partial charge in [0.25, 0.3) is 0 Å². The molecular formula is C8H10N4O2. The van der Waals surface area contributed by atoms with Crippen LogP contribution in [0.4, 0.5) is 5.82 Å². The summed E-state index contributed by atoms with van der Waals surface area (Å²) < 4.78 is 0. The maximum Gasteiger partial charge on any atom is 0.235 e. The van der Waals surface area contributed by atoms with Gasteiger partial charge in [0.15, 0.2) is 0 Å². The highest BCUT2D eigenvalue weighted by Crippen LogP contribution is 2.23. The van der Waals surface area contributed by atoms with E-state index in [2.05, 4.69) is 10.2 Å². The Morgan fingerprint density at radius 3 is 2.64 bits per heavy atom. The monoisotopic (exact) mass is 194 g/mol. The normalized spacial score (nSPS) is 16.8. The first-order valence-electron chi connectivity index (χ1n) is 4.32. The zero-order valence-electron chi connectivity index (χ0n) is 7.49. The topological polar surface area (TPSA) is 92.1 Å². The van der Waals surface area contributed by atoms with Crippen LogP contribution in [0.1, 0.15) is 18.4 Å². The number of carbonyl (C=O) groups excluding carboxylic acids is 2. The van der Waals surface area contributed by atoms with Crippen molar-refractivity contribution in [1.29, 1.82) is 0 Å². The lowest BCUT2D eigenvalue weighted by molar-refractivity contribution is -0.121. The maximum atomic E-state index is 11.4. The molecule has 3 N–H and O–H groups in total. The summed E-state index contributed by atoms with van der Waals surface area (Å²) in [5.74, 6) is 0.0166. The minimum absolute atomic E-state index is 0.200. The van der Waals surface area contributed by atoms with Gasteiger partial charge in [0.05, 0.1) is 6.20 Å². The minimum atomic E-state index is -0.200. The van der Waals surface area contributed by atoms with Crippen LogP contribution >= 0.6 is 0 Å². The molecule has 0 aliphatic carbocycles. The maximum absolute atomic E-state index is 11.4. The van der Waals surface area contributed by atoms with Crippen LogP contribution in [0, 0.1) is 0 Å². The minimum Gasteiger partial charge on any atom is -0.326 e. The van der Waals surface area contributed by atoms with E-state index < -0.39 is 0 Å². The first-order valence-corrected chi connectivity index (χ1v) is 4.32. The van der Waals surface area contributed by atoms with E-state index >= 15 is 0 Å². The molecule has 0 spiro atoms. The Kier molecular flexibility index (Phi) is 2.05. The number of amides is 2. The fourth-order valence-electron chi connectivity index (χ4n) is 1.47. The first-order chi connectivity index (χ1) is 6.74. The molecule has 74 valence electrons. The fraction of sp³-hybridized carbons (Fsp3) is 0.375.